The van der Waals surface area contributed by atoms with Crippen molar-refractivity contribution in [3.05, 3.63) is 45.6 Å². The Morgan fingerprint density at radius 1 is 1.14 bits per heavy atom. The van der Waals surface area contributed by atoms with Crippen LogP contribution >= 0.6 is 11.3 Å². The first-order valence-corrected chi connectivity index (χ1v) is 10.2. The van der Waals surface area contributed by atoms with Gasteiger partial charge in [0.1, 0.15) is 6.61 Å². The van der Waals surface area contributed by atoms with E-state index in [1.54, 1.807) is 29.5 Å². The molecule has 2 aliphatic rings. The first-order chi connectivity index (χ1) is 13.7. The van der Waals surface area contributed by atoms with Gasteiger partial charge in [0.15, 0.2) is 11.5 Å². The maximum absolute atomic E-state index is 12.9. The number of carbonyl (C=O) groups excluding carboxylic acids is 1. The molecule has 7 heteroatoms. The zero-order valence-corrected chi connectivity index (χ0v) is 16.3. The number of hydrogen-bond donors (Lipinski definition) is 1. The van der Waals surface area contributed by atoms with Crippen molar-refractivity contribution in [2.45, 2.75) is 13.0 Å². The Labute approximate surface area is 168 Å². The number of rotatable bonds is 3. The van der Waals surface area contributed by atoms with Gasteiger partial charge >= 0.3 is 0 Å². The van der Waals surface area contributed by atoms with Crippen LogP contribution in [0.4, 0.5) is 0 Å². The van der Waals surface area contributed by atoms with Gasteiger partial charge in [-0.2, -0.15) is 0 Å². The van der Waals surface area contributed by atoms with Crippen molar-refractivity contribution in [1.29, 1.82) is 0 Å². The van der Waals surface area contributed by atoms with Crippen LogP contribution in [0.1, 0.15) is 27.2 Å². The molecule has 0 saturated carbocycles. The molecule has 0 spiro atoms. The molecule has 1 aromatic carbocycles. The third kappa shape index (κ3) is 4.30. The average molecular weight is 398 g/mol. The Hall–Kier alpha value is -2.53. The fraction of sp³-hybridized carbons (Fsp3) is 0.381. The van der Waals surface area contributed by atoms with E-state index in [-0.39, 0.29) is 19.3 Å². The number of benzene rings is 1. The molecule has 146 valence electrons. The molecule has 0 bridgehead atoms. The largest absolute Gasteiger partial charge is 0.454 e. The second-order valence-electron chi connectivity index (χ2n) is 6.75. The number of thiophene rings is 1. The fourth-order valence-corrected chi connectivity index (χ4v) is 4.29. The molecule has 4 rings (SSSR count). The van der Waals surface area contributed by atoms with Gasteiger partial charge in [0.25, 0.3) is 5.91 Å². The summed E-state index contributed by atoms with van der Waals surface area (Å²) in [5, 5.41) is 10.8. The van der Waals surface area contributed by atoms with Crippen molar-refractivity contribution in [2.75, 3.05) is 39.6 Å². The van der Waals surface area contributed by atoms with E-state index < -0.39 is 0 Å². The minimum absolute atomic E-state index is 0.0397. The molecule has 3 heterocycles. The van der Waals surface area contributed by atoms with E-state index in [1.165, 1.54) is 4.88 Å². The van der Waals surface area contributed by atoms with Crippen molar-refractivity contribution in [3.63, 3.8) is 0 Å². The lowest BCUT2D eigenvalue weighted by Crippen LogP contribution is -2.35. The molecule has 0 aliphatic carbocycles. The fourth-order valence-electron chi connectivity index (χ4n) is 3.44. The third-order valence-corrected chi connectivity index (χ3v) is 5.76. The summed E-state index contributed by atoms with van der Waals surface area (Å²) >= 11 is 1.68. The van der Waals surface area contributed by atoms with Gasteiger partial charge in [-0.25, -0.2) is 0 Å². The summed E-state index contributed by atoms with van der Waals surface area (Å²) in [6.07, 6.45) is 0.943. The summed E-state index contributed by atoms with van der Waals surface area (Å²) in [5.41, 5.74) is 1.59. The minimum Gasteiger partial charge on any atom is -0.454 e. The molecule has 6 nitrogen and oxygen atoms in total. The van der Waals surface area contributed by atoms with Crippen LogP contribution in [0.5, 0.6) is 11.5 Å². The second kappa shape index (κ2) is 8.65. The average Bonchev–Trinajstić information content (AvgIpc) is 3.30. The van der Waals surface area contributed by atoms with E-state index in [0.717, 1.165) is 38.2 Å². The molecular weight excluding hydrogens is 376 g/mol. The Kier molecular flexibility index (Phi) is 5.81. The van der Waals surface area contributed by atoms with Gasteiger partial charge < -0.3 is 19.5 Å². The van der Waals surface area contributed by atoms with E-state index in [9.17, 15) is 4.79 Å². The zero-order chi connectivity index (χ0) is 19.3. The topological polar surface area (TPSA) is 62.2 Å². The standard InChI is InChI=1S/C21H22N2O4S/c24-10-1-3-16-11-18(28-14-16)13-22-6-2-7-23(9-8-22)21(25)17-4-5-19-20(12-17)27-15-26-19/h4-5,11-12,14,24H,2,6-10,13,15H2. The quantitative estimate of drug-likeness (QED) is 0.803. The van der Waals surface area contributed by atoms with Gasteiger partial charge in [0.05, 0.1) is 0 Å². The molecular formula is C21H22N2O4S. The van der Waals surface area contributed by atoms with E-state index in [2.05, 4.69) is 22.8 Å². The highest BCUT2D eigenvalue weighted by atomic mass is 32.1. The summed E-state index contributed by atoms with van der Waals surface area (Å²) in [6.45, 7) is 4.20. The number of fused-ring (bicyclic) bond motifs is 1. The van der Waals surface area contributed by atoms with Crippen molar-refractivity contribution in [1.82, 2.24) is 9.80 Å². The Bertz CT molecular complexity index is 915. The van der Waals surface area contributed by atoms with Crippen LogP contribution in [0.25, 0.3) is 0 Å². The van der Waals surface area contributed by atoms with Crippen molar-refractivity contribution < 1.29 is 19.4 Å². The lowest BCUT2D eigenvalue weighted by Gasteiger charge is -2.22. The number of ether oxygens (including phenoxy) is 2. The number of carbonyl (C=O) groups is 1. The predicted octanol–water partition coefficient (Wildman–Crippen LogP) is 2.17. The summed E-state index contributed by atoms with van der Waals surface area (Å²) < 4.78 is 10.7. The molecule has 28 heavy (non-hydrogen) atoms. The Morgan fingerprint density at radius 3 is 2.93 bits per heavy atom. The van der Waals surface area contributed by atoms with Crippen LogP contribution in [0.15, 0.2) is 29.6 Å². The highest BCUT2D eigenvalue weighted by Crippen LogP contribution is 2.32. The monoisotopic (exact) mass is 398 g/mol. The lowest BCUT2D eigenvalue weighted by molar-refractivity contribution is 0.0760. The lowest BCUT2D eigenvalue weighted by atomic mass is 10.1. The third-order valence-electron chi connectivity index (χ3n) is 4.84. The maximum Gasteiger partial charge on any atom is 0.254 e. The molecule has 2 aromatic rings. The van der Waals surface area contributed by atoms with Crippen LogP contribution in [0.3, 0.4) is 0 Å². The van der Waals surface area contributed by atoms with Crippen LogP contribution in [0.2, 0.25) is 0 Å². The molecule has 2 aliphatic heterocycles. The van der Waals surface area contributed by atoms with Gasteiger partial charge in [-0.3, -0.25) is 9.69 Å². The first kappa shape index (κ1) is 18.8. The molecule has 1 saturated heterocycles. The number of aliphatic hydroxyl groups excluding tert-OH is 1. The van der Waals surface area contributed by atoms with E-state index in [1.807, 2.05) is 10.3 Å². The summed E-state index contributed by atoms with van der Waals surface area (Å²) in [7, 11) is 0. The summed E-state index contributed by atoms with van der Waals surface area (Å²) in [6, 6.07) is 7.45. The van der Waals surface area contributed by atoms with Crippen molar-refractivity contribution in [2.24, 2.45) is 0 Å². The summed E-state index contributed by atoms with van der Waals surface area (Å²) in [5.74, 6) is 6.99. The van der Waals surface area contributed by atoms with Crippen molar-refractivity contribution >= 4 is 17.2 Å². The molecule has 1 fully saturated rings. The Morgan fingerprint density at radius 2 is 2.04 bits per heavy atom. The number of amides is 1. The summed E-state index contributed by atoms with van der Waals surface area (Å²) in [4.78, 5) is 18.4. The second-order valence-corrected chi connectivity index (χ2v) is 7.75. The first-order valence-electron chi connectivity index (χ1n) is 9.31. The zero-order valence-electron chi connectivity index (χ0n) is 15.5. The predicted molar refractivity (Wildman–Crippen MR) is 107 cm³/mol. The van der Waals surface area contributed by atoms with Crippen LogP contribution in [-0.4, -0.2) is 60.4 Å². The van der Waals surface area contributed by atoms with E-state index in [0.29, 0.717) is 23.6 Å². The molecule has 0 radical (unpaired) electrons. The van der Waals surface area contributed by atoms with Crippen molar-refractivity contribution in [3.8, 4) is 23.3 Å². The molecule has 0 atom stereocenters. The van der Waals surface area contributed by atoms with Gasteiger partial charge in [0, 0.05) is 54.1 Å². The van der Waals surface area contributed by atoms with E-state index in [4.69, 9.17) is 14.6 Å². The number of nitrogens with zero attached hydrogens (tertiary/aromatic N) is 2. The SMILES string of the molecule is O=C(c1ccc2c(c1)OCO2)N1CCCN(Cc2cc(C#CCO)cs2)CC1. The van der Waals surface area contributed by atoms with E-state index >= 15 is 0 Å². The number of hydrogen-bond acceptors (Lipinski definition) is 6. The van der Waals surface area contributed by atoms with Gasteiger partial charge in [-0.15, -0.1) is 11.3 Å². The Balaban J connectivity index is 1.35. The van der Waals surface area contributed by atoms with Crippen LogP contribution in [-0.2, 0) is 6.54 Å². The van der Waals surface area contributed by atoms with Gasteiger partial charge in [-0.1, -0.05) is 11.8 Å². The highest BCUT2D eigenvalue weighted by Gasteiger charge is 2.23. The molecule has 1 N–H and O–H groups in total. The van der Waals surface area contributed by atoms with Crippen LogP contribution < -0.4 is 9.47 Å². The molecule has 1 amide bonds. The minimum atomic E-state index is -0.120. The molecule has 1 aromatic heterocycles. The molecule has 0 unspecified atom stereocenters. The number of aliphatic hydroxyl groups is 1. The van der Waals surface area contributed by atoms with Gasteiger partial charge in [-0.05, 0) is 30.7 Å². The smallest absolute Gasteiger partial charge is 0.254 e. The van der Waals surface area contributed by atoms with Gasteiger partial charge in [0.2, 0.25) is 6.79 Å². The normalized spacial score (nSPS) is 16.4. The maximum atomic E-state index is 12.9. The highest BCUT2D eigenvalue weighted by molar-refractivity contribution is 7.10. The van der Waals surface area contributed by atoms with Crippen LogP contribution in [0, 0.1) is 11.8 Å².